The number of nitrogens with zero attached hydrogens (tertiary/aromatic N) is 1. The summed E-state index contributed by atoms with van der Waals surface area (Å²) in [4.78, 5) is 11.0. The van der Waals surface area contributed by atoms with Crippen molar-refractivity contribution in [1.29, 1.82) is 0 Å². The van der Waals surface area contributed by atoms with E-state index < -0.39 is 0 Å². The van der Waals surface area contributed by atoms with Gasteiger partial charge in [-0.1, -0.05) is 6.58 Å². The van der Waals surface area contributed by atoms with Gasteiger partial charge in [-0.15, -0.1) is 0 Å². The van der Waals surface area contributed by atoms with Crippen LogP contribution in [-0.4, -0.2) is 37.5 Å². The molecule has 0 aliphatic rings. The minimum absolute atomic E-state index is 0. The summed E-state index contributed by atoms with van der Waals surface area (Å²) in [6, 6.07) is 0.0116. The Morgan fingerprint density at radius 2 is 1.82 bits per heavy atom. The molecule has 0 spiro atoms. The zero-order valence-corrected chi connectivity index (χ0v) is 8.35. The summed E-state index contributed by atoms with van der Waals surface area (Å²) in [6.45, 7) is 5.34. The molecule has 2 nitrogen and oxygen atoms in total. The van der Waals surface area contributed by atoms with Crippen LogP contribution in [0.15, 0.2) is 12.7 Å². The van der Waals surface area contributed by atoms with Crippen molar-refractivity contribution in [1.82, 2.24) is 0 Å². The second-order valence-electron chi connectivity index (χ2n) is 3.40. The molecular weight excluding hydrogens is 162 g/mol. The fourth-order valence-corrected chi connectivity index (χ4v) is 0.552. The van der Waals surface area contributed by atoms with Crippen molar-refractivity contribution in [2.24, 2.45) is 0 Å². The molecule has 0 aliphatic carbocycles. The van der Waals surface area contributed by atoms with Gasteiger partial charge >= 0.3 is 0 Å². The maximum Gasteiger partial charge on any atom is 0.211 e. The number of carbonyl (C=O) groups is 1. The maximum absolute atomic E-state index is 11.0. The molecule has 0 aromatic rings. The van der Waals surface area contributed by atoms with E-state index in [9.17, 15) is 4.79 Å². The number of quaternary nitrogens is 1. The lowest BCUT2D eigenvalue weighted by Gasteiger charge is -2.29. The molecule has 0 aromatic heterocycles. The molecule has 0 fully saturated rings. The van der Waals surface area contributed by atoms with E-state index in [4.69, 9.17) is 0 Å². The van der Waals surface area contributed by atoms with E-state index in [0.717, 1.165) is 0 Å². The van der Waals surface area contributed by atoms with Crippen LogP contribution in [-0.2, 0) is 4.79 Å². The number of carbonyl (C=O) groups excluding carboxylic acids is 1. The Labute approximate surface area is 74.9 Å². The molecule has 11 heavy (non-hydrogen) atoms. The van der Waals surface area contributed by atoms with E-state index in [2.05, 4.69) is 6.58 Å². The molecule has 0 aromatic carbocycles. The van der Waals surface area contributed by atoms with Crippen molar-refractivity contribution in [2.45, 2.75) is 13.0 Å². The minimum atomic E-state index is 0. The van der Waals surface area contributed by atoms with Crippen molar-refractivity contribution in [3.63, 3.8) is 0 Å². The fourth-order valence-electron chi connectivity index (χ4n) is 0.552. The number of hydrogen-bond donors (Lipinski definition) is 0. The van der Waals surface area contributed by atoms with Crippen molar-refractivity contribution in [2.75, 3.05) is 21.1 Å². The Morgan fingerprint density at radius 1 is 1.45 bits per heavy atom. The van der Waals surface area contributed by atoms with Gasteiger partial charge in [-0.3, -0.25) is 4.79 Å². The predicted octanol–water partition coefficient (Wildman–Crippen LogP) is -2.16. The monoisotopic (exact) mass is 177 g/mol. The summed E-state index contributed by atoms with van der Waals surface area (Å²) in [6.07, 6.45) is 1.38. The normalized spacial score (nSPS) is 13.1. The molecule has 0 N–H and O–H groups in total. The molecular formula is C8H16ClNO. The number of ketones is 1. The van der Waals surface area contributed by atoms with Crippen LogP contribution >= 0.6 is 0 Å². The quantitative estimate of drug-likeness (QED) is 0.355. The fraction of sp³-hybridized carbons (Fsp3) is 0.625. The van der Waals surface area contributed by atoms with Gasteiger partial charge in [0.15, 0.2) is 0 Å². The average molecular weight is 178 g/mol. The van der Waals surface area contributed by atoms with E-state index in [1.54, 1.807) is 0 Å². The Bertz CT molecular complexity index is 149. The summed E-state index contributed by atoms with van der Waals surface area (Å²) in [7, 11) is 5.98. The molecule has 0 saturated carbocycles. The number of likely N-dealkylation sites (N-methyl/N-ethyl adjacent to an activating group) is 1. The van der Waals surface area contributed by atoms with Crippen LogP contribution in [0.1, 0.15) is 6.92 Å². The van der Waals surface area contributed by atoms with Gasteiger partial charge in [0.05, 0.1) is 21.1 Å². The van der Waals surface area contributed by atoms with Crippen molar-refractivity contribution < 1.29 is 21.7 Å². The molecule has 1 atom stereocenters. The number of hydrogen-bond acceptors (Lipinski definition) is 1. The van der Waals surface area contributed by atoms with Crippen LogP contribution in [0.25, 0.3) is 0 Å². The van der Waals surface area contributed by atoms with Crippen LogP contribution in [0.4, 0.5) is 0 Å². The number of rotatable bonds is 3. The zero-order chi connectivity index (χ0) is 8.36. The molecule has 0 radical (unpaired) electrons. The summed E-state index contributed by atoms with van der Waals surface area (Å²) >= 11 is 0. The Morgan fingerprint density at radius 3 is 1.91 bits per heavy atom. The van der Waals surface area contributed by atoms with Gasteiger partial charge in [0.25, 0.3) is 0 Å². The SMILES string of the molecule is C=CC(=O)C(C)[N+](C)(C)C.[Cl-]. The molecule has 0 heterocycles. The topological polar surface area (TPSA) is 17.1 Å². The first-order valence-corrected chi connectivity index (χ1v) is 3.37. The highest BCUT2D eigenvalue weighted by molar-refractivity contribution is 5.92. The average Bonchev–Trinajstić information content (AvgIpc) is 1.83. The summed E-state index contributed by atoms with van der Waals surface area (Å²) in [5.74, 6) is 0.104. The highest BCUT2D eigenvalue weighted by atomic mass is 35.5. The first-order chi connectivity index (χ1) is 4.39. The van der Waals surface area contributed by atoms with Gasteiger partial charge in [-0.2, -0.15) is 0 Å². The van der Waals surface area contributed by atoms with E-state index in [0.29, 0.717) is 4.48 Å². The molecule has 3 heteroatoms. The van der Waals surface area contributed by atoms with Gasteiger partial charge in [0.1, 0.15) is 6.04 Å². The van der Waals surface area contributed by atoms with Crippen molar-refractivity contribution >= 4 is 5.78 Å². The lowest BCUT2D eigenvalue weighted by Crippen LogP contribution is -3.00. The van der Waals surface area contributed by atoms with Gasteiger partial charge in [0, 0.05) is 0 Å². The molecule has 66 valence electrons. The Balaban J connectivity index is 0. The standard InChI is InChI=1S/C8H16NO.ClH/c1-6-8(10)7(2)9(3,4)5;/h6-7H,1H2,2-5H3;1H/q+1;/p-1. The highest BCUT2D eigenvalue weighted by Gasteiger charge is 2.23. The van der Waals surface area contributed by atoms with E-state index in [-0.39, 0.29) is 24.2 Å². The summed E-state index contributed by atoms with van der Waals surface area (Å²) < 4.78 is 0.658. The largest absolute Gasteiger partial charge is 1.00 e. The van der Waals surface area contributed by atoms with Gasteiger partial charge in [0.2, 0.25) is 5.78 Å². The Kier molecular flexibility index (Phi) is 5.45. The minimum Gasteiger partial charge on any atom is -1.00 e. The first-order valence-electron chi connectivity index (χ1n) is 3.37. The summed E-state index contributed by atoms with van der Waals surface area (Å²) in [5.41, 5.74) is 0. The Hall–Kier alpha value is -0.340. The molecule has 0 bridgehead atoms. The van der Waals surface area contributed by atoms with Gasteiger partial charge in [-0.05, 0) is 13.0 Å². The molecule has 1 unspecified atom stereocenters. The third-order valence-corrected chi connectivity index (χ3v) is 1.77. The first kappa shape index (κ1) is 13.3. The summed E-state index contributed by atoms with van der Waals surface area (Å²) in [5, 5.41) is 0. The van der Waals surface area contributed by atoms with Crippen LogP contribution in [0.5, 0.6) is 0 Å². The smallest absolute Gasteiger partial charge is 0.211 e. The zero-order valence-electron chi connectivity index (χ0n) is 7.60. The molecule has 0 amide bonds. The van der Waals surface area contributed by atoms with Crippen LogP contribution in [0.2, 0.25) is 0 Å². The second kappa shape index (κ2) is 4.52. The third-order valence-electron chi connectivity index (χ3n) is 1.77. The second-order valence-corrected chi connectivity index (χ2v) is 3.40. The highest BCUT2D eigenvalue weighted by Crippen LogP contribution is 2.02. The van der Waals surface area contributed by atoms with E-state index in [1.807, 2.05) is 28.1 Å². The van der Waals surface area contributed by atoms with Gasteiger partial charge in [-0.25, -0.2) is 0 Å². The van der Waals surface area contributed by atoms with Gasteiger partial charge < -0.3 is 16.9 Å². The van der Waals surface area contributed by atoms with Crippen LogP contribution in [0.3, 0.4) is 0 Å². The lowest BCUT2D eigenvalue weighted by atomic mass is 10.2. The van der Waals surface area contributed by atoms with Crippen LogP contribution in [0, 0.1) is 0 Å². The van der Waals surface area contributed by atoms with E-state index in [1.165, 1.54) is 6.08 Å². The number of halogens is 1. The third kappa shape index (κ3) is 4.17. The predicted molar refractivity (Wildman–Crippen MR) is 42.7 cm³/mol. The maximum atomic E-state index is 11.0. The van der Waals surface area contributed by atoms with Crippen LogP contribution < -0.4 is 12.4 Å². The lowest BCUT2D eigenvalue weighted by molar-refractivity contribution is -0.884. The molecule has 0 rings (SSSR count). The molecule has 0 aliphatic heterocycles. The van der Waals surface area contributed by atoms with Crippen molar-refractivity contribution in [3.8, 4) is 0 Å². The van der Waals surface area contributed by atoms with E-state index >= 15 is 0 Å². The molecule has 0 saturated heterocycles. The van der Waals surface area contributed by atoms with Crippen molar-refractivity contribution in [3.05, 3.63) is 12.7 Å².